The first-order valence-corrected chi connectivity index (χ1v) is 8.87. The predicted octanol–water partition coefficient (Wildman–Crippen LogP) is 1.66. The molecule has 0 saturated heterocycles. The Kier molecular flexibility index (Phi) is 5.88. The number of rotatable bonds is 6. The predicted molar refractivity (Wildman–Crippen MR) is 96.8 cm³/mol. The summed E-state index contributed by atoms with van der Waals surface area (Å²) in [4.78, 5) is 30.4. The second-order valence-electron chi connectivity index (χ2n) is 6.49. The molecule has 138 valence electrons. The van der Waals surface area contributed by atoms with E-state index in [4.69, 9.17) is 4.74 Å². The number of fused-ring (bicyclic) bond motifs is 1. The van der Waals surface area contributed by atoms with Crippen molar-refractivity contribution in [2.75, 3.05) is 13.2 Å². The number of carbonyl (C=O) groups excluding carboxylic acids is 2. The molecule has 3 rings (SSSR count). The van der Waals surface area contributed by atoms with Crippen molar-refractivity contribution in [1.82, 2.24) is 20.6 Å². The molecule has 0 aliphatic heterocycles. The van der Waals surface area contributed by atoms with Crippen LogP contribution in [0.4, 0.5) is 4.79 Å². The third-order valence-electron chi connectivity index (χ3n) is 4.57. The summed E-state index contributed by atoms with van der Waals surface area (Å²) in [5, 5.41) is 5.74. The molecule has 2 amide bonds. The summed E-state index contributed by atoms with van der Waals surface area (Å²) in [5.74, 6) is 0.190. The Bertz CT molecular complexity index is 758. The van der Waals surface area contributed by atoms with Gasteiger partial charge in [0.25, 0.3) is 0 Å². The van der Waals surface area contributed by atoms with E-state index in [1.165, 1.54) is 16.7 Å². The van der Waals surface area contributed by atoms with Crippen LogP contribution in [-0.2, 0) is 28.8 Å². The van der Waals surface area contributed by atoms with Crippen molar-refractivity contribution in [3.8, 4) is 0 Å². The van der Waals surface area contributed by atoms with Crippen LogP contribution in [0.25, 0.3) is 0 Å². The molecule has 7 nitrogen and oxygen atoms in total. The van der Waals surface area contributed by atoms with Crippen LogP contribution >= 0.6 is 0 Å². The van der Waals surface area contributed by atoms with Crippen LogP contribution in [0.15, 0.2) is 30.6 Å². The van der Waals surface area contributed by atoms with Gasteiger partial charge in [-0.2, -0.15) is 0 Å². The molecule has 0 spiro atoms. The van der Waals surface area contributed by atoms with Crippen LogP contribution in [0.5, 0.6) is 0 Å². The normalized spacial score (nSPS) is 15.8. The number of imidazole rings is 1. The van der Waals surface area contributed by atoms with Gasteiger partial charge in [0, 0.05) is 18.4 Å². The largest absolute Gasteiger partial charge is 0.463 e. The molecule has 0 radical (unpaired) electrons. The Morgan fingerprint density at radius 3 is 3.08 bits per heavy atom. The highest BCUT2D eigenvalue weighted by molar-refractivity contribution is 5.74. The van der Waals surface area contributed by atoms with Gasteiger partial charge < -0.3 is 20.4 Å². The van der Waals surface area contributed by atoms with Crippen molar-refractivity contribution >= 4 is 12.0 Å². The zero-order chi connectivity index (χ0) is 18.4. The van der Waals surface area contributed by atoms with Gasteiger partial charge in [-0.1, -0.05) is 18.2 Å². The van der Waals surface area contributed by atoms with Crippen LogP contribution in [0.2, 0.25) is 0 Å². The fourth-order valence-corrected chi connectivity index (χ4v) is 3.24. The number of hydrogen-bond acceptors (Lipinski definition) is 4. The van der Waals surface area contributed by atoms with E-state index >= 15 is 0 Å². The van der Waals surface area contributed by atoms with Gasteiger partial charge in [0.05, 0.1) is 6.54 Å². The summed E-state index contributed by atoms with van der Waals surface area (Å²) >= 11 is 0. The fraction of sp³-hybridized carbons (Fsp3) is 0.421. The number of carbonyl (C=O) groups is 2. The molecule has 0 bridgehead atoms. The second kappa shape index (κ2) is 8.51. The van der Waals surface area contributed by atoms with E-state index in [1.807, 2.05) is 0 Å². The second-order valence-corrected chi connectivity index (χ2v) is 6.49. The summed E-state index contributed by atoms with van der Waals surface area (Å²) in [6, 6.07) is 6.26. The molecule has 1 aliphatic rings. The van der Waals surface area contributed by atoms with Gasteiger partial charge in [-0.15, -0.1) is 0 Å². The van der Waals surface area contributed by atoms with E-state index in [-0.39, 0.29) is 37.6 Å². The Morgan fingerprint density at radius 2 is 2.27 bits per heavy atom. The summed E-state index contributed by atoms with van der Waals surface area (Å²) in [6.45, 7) is 2.52. The lowest BCUT2D eigenvalue weighted by atomic mass is 9.86. The quantitative estimate of drug-likeness (QED) is 0.542. The molecule has 7 heteroatoms. The molecule has 1 aliphatic carbocycles. The summed E-state index contributed by atoms with van der Waals surface area (Å²) in [7, 11) is 0. The monoisotopic (exact) mass is 356 g/mol. The van der Waals surface area contributed by atoms with E-state index < -0.39 is 0 Å². The molecule has 0 fully saturated rings. The summed E-state index contributed by atoms with van der Waals surface area (Å²) in [5.41, 5.74) is 4.00. The van der Waals surface area contributed by atoms with Gasteiger partial charge in [0.1, 0.15) is 18.9 Å². The van der Waals surface area contributed by atoms with Crippen LogP contribution in [0, 0.1) is 6.92 Å². The highest BCUT2D eigenvalue weighted by atomic mass is 16.5. The first-order chi connectivity index (χ1) is 12.6. The van der Waals surface area contributed by atoms with Gasteiger partial charge in [0.2, 0.25) is 0 Å². The molecule has 0 saturated carbocycles. The van der Waals surface area contributed by atoms with Crippen molar-refractivity contribution in [1.29, 1.82) is 0 Å². The lowest BCUT2D eigenvalue weighted by Gasteiger charge is -2.26. The maximum atomic E-state index is 12.0. The highest BCUT2D eigenvalue weighted by Crippen LogP contribution is 2.24. The lowest BCUT2D eigenvalue weighted by molar-refractivity contribution is -0.142. The van der Waals surface area contributed by atoms with E-state index in [0.29, 0.717) is 5.82 Å². The van der Waals surface area contributed by atoms with Crippen molar-refractivity contribution in [2.45, 2.75) is 38.6 Å². The van der Waals surface area contributed by atoms with Gasteiger partial charge in [-0.3, -0.25) is 4.79 Å². The average molecular weight is 356 g/mol. The van der Waals surface area contributed by atoms with E-state index in [1.54, 1.807) is 12.4 Å². The van der Waals surface area contributed by atoms with Crippen molar-refractivity contribution in [2.24, 2.45) is 0 Å². The number of benzene rings is 1. The standard InChI is InChI=1S/C19H24N4O3/c1-13-3-2-4-14-5-6-15(11-16(13)14)23-19(25)22-9-10-26-18(24)12-17-20-7-8-21-17/h2-4,7-8,15H,5-6,9-12H2,1H3,(H,20,21)(H2,22,23,25). The molecule has 1 aromatic carbocycles. The number of H-pyrrole nitrogens is 1. The fourth-order valence-electron chi connectivity index (χ4n) is 3.24. The minimum Gasteiger partial charge on any atom is -0.463 e. The first-order valence-electron chi connectivity index (χ1n) is 8.87. The average Bonchev–Trinajstić information content (AvgIpc) is 3.12. The van der Waals surface area contributed by atoms with Gasteiger partial charge >= 0.3 is 12.0 Å². The summed E-state index contributed by atoms with van der Waals surface area (Å²) < 4.78 is 5.08. The van der Waals surface area contributed by atoms with Crippen molar-refractivity contribution in [3.63, 3.8) is 0 Å². The topological polar surface area (TPSA) is 96.1 Å². The molecule has 1 aromatic heterocycles. The summed E-state index contributed by atoms with van der Waals surface area (Å²) in [6.07, 6.45) is 6.10. The number of ether oxygens (including phenoxy) is 1. The number of nitrogens with zero attached hydrogens (tertiary/aromatic N) is 1. The maximum Gasteiger partial charge on any atom is 0.315 e. The third-order valence-corrected chi connectivity index (χ3v) is 4.57. The highest BCUT2D eigenvalue weighted by Gasteiger charge is 2.21. The number of nitrogens with one attached hydrogen (secondary N) is 3. The number of aryl methyl sites for hydroxylation is 2. The molecule has 1 heterocycles. The smallest absolute Gasteiger partial charge is 0.315 e. The SMILES string of the molecule is Cc1cccc2c1CC(NC(=O)NCCOC(=O)Cc1ncc[nH]1)CC2. The molecule has 26 heavy (non-hydrogen) atoms. The number of amides is 2. The molecular formula is C19H24N4O3. The maximum absolute atomic E-state index is 12.0. The minimum absolute atomic E-state index is 0.0973. The van der Waals surface area contributed by atoms with Crippen molar-refractivity contribution in [3.05, 3.63) is 53.1 Å². The number of urea groups is 1. The minimum atomic E-state index is -0.374. The van der Waals surface area contributed by atoms with Crippen LogP contribution < -0.4 is 10.6 Å². The van der Waals surface area contributed by atoms with E-state index in [0.717, 1.165) is 19.3 Å². The lowest BCUT2D eigenvalue weighted by Crippen LogP contribution is -2.45. The Labute approximate surface area is 152 Å². The number of hydrogen-bond donors (Lipinski definition) is 3. The molecular weight excluding hydrogens is 332 g/mol. The first kappa shape index (κ1) is 18.0. The van der Waals surface area contributed by atoms with E-state index in [2.05, 4.69) is 45.7 Å². The Morgan fingerprint density at radius 1 is 1.38 bits per heavy atom. The number of esters is 1. The van der Waals surface area contributed by atoms with Gasteiger partial charge in [0.15, 0.2) is 0 Å². The Hall–Kier alpha value is -2.83. The molecule has 3 N–H and O–H groups in total. The van der Waals surface area contributed by atoms with Gasteiger partial charge in [-0.25, -0.2) is 9.78 Å². The van der Waals surface area contributed by atoms with Gasteiger partial charge in [-0.05, 0) is 42.9 Å². The molecule has 1 unspecified atom stereocenters. The molecule has 2 aromatic rings. The molecule has 1 atom stereocenters. The number of aromatic amines is 1. The van der Waals surface area contributed by atoms with Crippen molar-refractivity contribution < 1.29 is 14.3 Å². The van der Waals surface area contributed by atoms with Crippen LogP contribution in [0.1, 0.15) is 28.9 Å². The zero-order valence-corrected chi connectivity index (χ0v) is 14.9. The third kappa shape index (κ3) is 4.84. The zero-order valence-electron chi connectivity index (χ0n) is 14.9. The number of aromatic nitrogens is 2. The Balaban J connectivity index is 1.34. The van der Waals surface area contributed by atoms with Crippen LogP contribution in [0.3, 0.4) is 0 Å². The van der Waals surface area contributed by atoms with Crippen LogP contribution in [-0.4, -0.2) is 41.2 Å². The van der Waals surface area contributed by atoms with E-state index in [9.17, 15) is 9.59 Å².